The molecular formula is C17H25ClN2O. The Morgan fingerprint density at radius 1 is 1.33 bits per heavy atom. The summed E-state index contributed by atoms with van der Waals surface area (Å²) in [6.07, 6.45) is 5.22. The van der Waals surface area contributed by atoms with E-state index < -0.39 is 0 Å². The fourth-order valence-corrected chi connectivity index (χ4v) is 3.82. The predicted molar refractivity (Wildman–Crippen MR) is 87.7 cm³/mol. The number of likely N-dealkylation sites (tertiary alicyclic amines) is 1. The molecule has 1 aromatic carbocycles. The van der Waals surface area contributed by atoms with Crippen LogP contribution in [-0.2, 0) is 10.2 Å². The highest BCUT2D eigenvalue weighted by Crippen LogP contribution is 2.43. The molecule has 2 aliphatic rings. The van der Waals surface area contributed by atoms with E-state index in [1.165, 1.54) is 11.1 Å². The molecule has 21 heavy (non-hydrogen) atoms. The first-order chi connectivity index (χ1) is 9.62. The van der Waals surface area contributed by atoms with E-state index in [2.05, 4.69) is 31.2 Å². The Bertz CT molecular complexity index is 511. The quantitative estimate of drug-likeness (QED) is 0.913. The van der Waals surface area contributed by atoms with Crippen molar-refractivity contribution >= 4 is 18.3 Å². The molecule has 0 bridgehead atoms. The van der Waals surface area contributed by atoms with Crippen LogP contribution in [0.4, 0.5) is 0 Å². The number of benzene rings is 1. The highest BCUT2D eigenvalue weighted by atomic mass is 35.5. The average Bonchev–Trinajstić information content (AvgIpc) is 3.07. The van der Waals surface area contributed by atoms with Gasteiger partial charge in [0.25, 0.3) is 0 Å². The summed E-state index contributed by atoms with van der Waals surface area (Å²) in [7, 11) is 0. The molecule has 1 atom stereocenters. The third-order valence-electron chi connectivity index (χ3n) is 4.95. The summed E-state index contributed by atoms with van der Waals surface area (Å²) < 4.78 is 0. The molecule has 1 saturated carbocycles. The summed E-state index contributed by atoms with van der Waals surface area (Å²) in [4.78, 5) is 15.1. The van der Waals surface area contributed by atoms with Crippen LogP contribution in [0.2, 0.25) is 0 Å². The smallest absolute Gasteiger partial charge is 0.233 e. The zero-order chi connectivity index (χ0) is 14.2. The van der Waals surface area contributed by atoms with Gasteiger partial charge in [0, 0.05) is 19.1 Å². The van der Waals surface area contributed by atoms with Gasteiger partial charge in [0.1, 0.15) is 0 Å². The van der Waals surface area contributed by atoms with Crippen LogP contribution in [-0.4, -0.2) is 29.9 Å². The summed E-state index contributed by atoms with van der Waals surface area (Å²) in [5.74, 6) is 0.313. The van der Waals surface area contributed by atoms with Gasteiger partial charge in [0.15, 0.2) is 0 Å². The Hall–Kier alpha value is -1.06. The molecule has 2 N–H and O–H groups in total. The molecule has 4 heteroatoms. The van der Waals surface area contributed by atoms with Crippen molar-refractivity contribution in [3.63, 3.8) is 0 Å². The van der Waals surface area contributed by atoms with Crippen LogP contribution < -0.4 is 5.73 Å². The van der Waals surface area contributed by atoms with E-state index in [0.717, 1.165) is 45.2 Å². The third kappa shape index (κ3) is 2.95. The van der Waals surface area contributed by atoms with E-state index in [1.54, 1.807) is 0 Å². The van der Waals surface area contributed by atoms with E-state index in [-0.39, 0.29) is 23.9 Å². The lowest BCUT2D eigenvalue weighted by Crippen LogP contribution is -2.45. The molecule has 1 saturated heterocycles. The summed E-state index contributed by atoms with van der Waals surface area (Å²) >= 11 is 0. The Balaban J connectivity index is 0.00000161. The first kappa shape index (κ1) is 16.3. The van der Waals surface area contributed by atoms with Gasteiger partial charge in [-0.2, -0.15) is 0 Å². The van der Waals surface area contributed by atoms with Crippen LogP contribution in [0.5, 0.6) is 0 Å². The lowest BCUT2D eigenvalue weighted by atomic mass is 9.77. The van der Waals surface area contributed by atoms with Gasteiger partial charge < -0.3 is 10.6 Å². The minimum Gasteiger partial charge on any atom is -0.340 e. The van der Waals surface area contributed by atoms with Gasteiger partial charge in [-0.05, 0) is 31.7 Å². The Labute approximate surface area is 133 Å². The molecule has 1 aromatic rings. The zero-order valence-electron chi connectivity index (χ0n) is 12.7. The molecule has 0 aromatic heterocycles. The average molecular weight is 309 g/mol. The zero-order valence-corrected chi connectivity index (χ0v) is 13.5. The lowest BCUT2D eigenvalue weighted by Gasteiger charge is -2.33. The molecule has 3 nitrogen and oxygen atoms in total. The van der Waals surface area contributed by atoms with Gasteiger partial charge in [-0.15, -0.1) is 12.4 Å². The number of rotatable bonds is 2. The predicted octanol–water partition coefficient (Wildman–Crippen LogP) is 2.79. The second-order valence-electron chi connectivity index (χ2n) is 6.46. The highest BCUT2D eigenvalue weighted by Gasteiger charge is 2.45. The monoisotopic (exact) mass is 308 g/mol. The molecule has 1 aliphatic carbocycles. The van der Waals surface area contributed by atoms with Crippen molar-refractivity contribution in [1.29, 1.82) is 0 Å². The van der Waals surface area contributed by atoms with Crippen molar-refractivity contribution in [2.24, 2.45) is 5.73 Å². The normalized spacial score (nSPS) is 23.9. The Morgan fingerprint density at radius 3 is 2.62 bits per heavy atom. The van der Waals surface area contributed by atoms with Gasteiger partial charge in [0.2, 0.25) is 5.91 Å². The van der Waals surface area contributed by atoms with Crippen LogP contribution in [0.3, 0.4) is 0 Å². The first-order valence-electron chi connectivity index (χ1n) is 7.74. The summed E-state index contributed by atoms with van der Waals surface area (Å²) in [5.41, 5.74) is 8.14. The standard InChI is InChI=1S/C17H24N2O.ClH/c1-13-5-4-6-14(11-13)17(8-2-3-9-17)16(20)19-10-7-15(18)12-19;/h4-6,11,15H,2-3,7-10,12,18H2,1H3;1H/t15-;/m1./s1. The Kier molecular flexibility index (Phi) is 4.95. The second kappa shape index (κ2) is 6.37. The molecule has 1 heterocycles. The Morgan fingerprint density at radius 2 is 2.05 bits per heavy atom. The van der Waals surface area contributed by atoms with Crippen molar-refractivity contribution in [3.05, 3.63) is 35.4 Å². The number of hydrogen-bond donors (Lipinski definition) is 1. The van der Waals surface area contributed by atoms with Gasteiger partial charge >= 0.3 is 0 Å². The largest absolute Gasteiger partial charge is 0.340 e. The van der Waals surface area contributed by atoms with Crippen LogP contribution >= 0.6 is 12.4 Å². The number of carbonyl (C=O) groups is 1. The van der Waals surface area contributed by atoms with E-state index in [9.17, 15) is 4.79 Å². The number of hydrogen-bond acceptors (Lipinski definition) is 2. The van der Waals surface area contributed by atoms with Crippen molar-refractivity contribution in [2.45, 2.75) is 50.5 Å². The SMILES string of the molecule is Cc1cccc(C2(C(=O)N3CC[C@@H](N)C3)CCCC2)c1.Cl. The molecule has 0 radical (unpaired) electrons. The molecule has 1 amide bonds. The van der Waals surface area contributed by atoms with E-state index >= 15 is 0 Å². The topological polar surface area (TPSA) is 46.3 Å². The van der Waals surface area contributed by atoms with Crippen molar-refractivity contribution in [3.8, 4) is 0 Å². The number of amides is 1. The van der Waals surface area contributed by atoms with E-state index in [0.29, 0.717) is 5.91 Å². The fourth-order valence-electron chi connectivity index (χ4n) is 3.82. The number of carbonyl (C=O) groups excluding carboxylic acids is 1. The summed E-state index contributed by atoms with van der Waals surface area (Å²) in [5, 5.41) is 0. The molecule has 3 rings (SSSR count). The highest BCUT2D eigenvalue weighted by molar-refractivity contribution is 5.89. The maximum Gasteiger partial charge on any atom is 0.233 e. The van der Waals surface area contributed by atoms with E-state index in [1.807, 2.05) is 4.90 Å². The number of nitrogens with two attached hydrogens (primary N) is 1. The van der Waals surface area contributed by atoms with Crippen molar-refractivity contribution in [2.75, 3.05) is 13.1 Å². The fraction of sp³-hybridized carbons (Fsp3) is 0.588. The van der Waals surface area contributed by atoms with Crippen LogP contribution in [0, 0.1) is 6.92 Å². The number of nitrogens with zero attached hydrogens (tertiary/aromatic N) is 1. The van der Waals surface area contributed by atoms with Gasteiger partial charge in [-0.1, -0.05) is 42.7 Å². The van der Waals surface area contributed by atoms with Gasteiger partial charge in [-0.25, -0.2) is 0 Å². The molecule has 0 spiro atoms. The minimum atomic E-state index is -0.282. The van der Waals surface area contributed by atoms with Crippen LogP contribution in [0.25, 0.3) is 0 Å². The third-order valence-corrected chi connectivity index (χ3v) is 4.95. The lowest BCUT2D eigenvalue weighted by molar-refractivity contribution is -0.136. The molecule has 116 valence electrons. The maximum atomic E-state index is 13.1. The van der Waals surface area contributed by atoms with Crippen LogP contribution in [0.1, 0.15) is 43.2 Å². The van der Waals surface area contributed by atoms with Crippen LogP contribution in [0.15, 0.2) is 24.3 Å². The first-order valence-corrected chi connectivity index (χ1v) is 7.74. The molecule has 0 unspecified atom stereocenters. The molecule has 1 aliphatic heterocycles. The molecular weight excluding hydrogens is 284 g/mol. The maximum absolute atomic E-state index is 13.1. The summed E-state index contributed by atoms with van der Waals surface area (Å²) in [6.45, 7) is 3.66. The number of halogens is 1. The second-order valence-corrected chi connectivity index (χ2v) is 6.46. The van der Waals surface area contributed by atoms with Crippen molar-refractivity contribution in [1.82, 2.24) is 4.90 Å². The van der Waals surface area contributed by atoms with E-state index in [4.69, 9.17) is 5.73 Å². The van der Waals surface area contributed by atoms with Gasteiger partial charge in [-0.3, -0.25) is 4.79 Å². The van der Waals surface area contributed by atoms with Crippen molar-refractivity contribution < 1.29 is 4.79 Å². The van der Waals surface area contributed by atoms with Gasteiger partial charge in [0.05, 0.1) is 5.41 Å². The number of aryl methyl sites for hydroxylation is 1. The summed E-state index contributed by atoms with van der Waals surface area (Å²) in [6, 6.07) is 8.66. The molecule has 2 fully saturated rings. The minimum absolute atomic E-state index is 0.